The normalized spacial score (nSPS) is 11.1. The summed E-state index contributed by atoms with van der Waals surface area (Å²) in [5.41, 5.74) is 10.7. The number of rotatable bonds is 4. The topological polar surface area (TPSA) is 52.5 Å². The number of methoxy groups -OCH3 is 1. The fourth-order valence-corrected chi connectivity index (χ4v) is 2.83. The molecule has 0 atom stereocenters. The molecule has 0 fully saturated rings. The lowest BCUT2D eigenvalue weighted by Gasteiger charge is -2.11. The SMILES string of the molecule is COc1ccc(C)cc1-c1c(CCN)nc2ccc(Cl)cn12. The molecule has 4 nitrogen and oxygen atoms in total. The molecule has 0 unspecified atom stereocenters. The molecule has 0 spiro atoms. The average molecular weight is 316 g/mol. The molecule has 0 amide bonds. The number of benzene rings is 1. The number of nitrogens with zero attached hydrogens (tertiary/aromatic N) is 2. The number of hydrogen-bond acceptors (Lipinski definition) is 3. The quantitative estimate of drug-likeness (QED) is 0.802. The molecule has 2 aromatic heterocycles. The fraction of sp³-hybridized carbons (Fsp3) is 0.235. The van der Waals surface area contributed by atoms with E-state index >= 15 is 0 Å². The van der Waals surface area contributed by atoms with Crippen LogP contribution in [-0.2, 0) is 6.42 Å². The van der Waals surface area contributed by atoms with E-state index in [4.69, 9.17) is 27.1 Å². The number of aryl methyl sites for hydroxylation is 1. The second-order valence-electron chi connectivity index (χ2n) is 5.23. The third-order valence-corrected chi connectivity index (χ3v) is 3.87. The first-order chi connectivity index (χ1) is 10.6. The number of fused-ring (bicyclic) bond motifs is 1. The fourth-order valence-electron chi connectivity index (χ4n) is 2.67. The van der Waals surface area contributed by atoms with E-state index in [1.54, 1.807) is 7.11 Å². The standard InChI is InChI=1S/C17H18ClN3O/c1-11-3-5-15(22-2)13(9-11)17-14(7-8-19)20-16-6-4-12(18)10-21(16)17/h3-6,9-10H,7-8,19H2,1-2H3. The van der Waals surface area contributed by atoms with Crippen LogP contribution >= 0.6 is 11.6 Å². The molecule has 0 saturated carbocycles. The van der Waals surface area contributed by atoms with Gasteiger partial charge in [-0.2, -0.15) is 0 Å². The molecule has 1 aromatic carbocycles. The Labute approximate surface area is 134 Å². The number of imidazole rings is 1. The third-order valence-electron chi connectivity index (χ3n) is 3.65. The first-order valence-corrected chi connectivity index (χ1v) is 7.53. The van der Waals surface area contributed by atoms with E-state index in [2.05, 4.69) is 13.0 Å². The van der Waals surface area contributed by atoms with Crippen molar-refractivity contribution in [2.45, 2.75) is 13.3 Å². The third kappa shape index (κ3) is 2.56. The van der Waals surface area contributed by atoms with Gasteiger partial charge in [0, 0.05) is 18.2 Å². The van der Waals surface area contributed by atoms with Crippen molar-refractivity contribution in [1.29, 1.82) is 0 Å². The molecule has 22 heavy (non-hydrogen) atoms. The van der Waals surface area contributed by atoms with Crippen molar-refractivity contribution >= 4 is 17.2 Å². The molecule has 5 heteroatoms. The van der Waals surface area contributed by atoms with Crippen LogP contribution in [0.3, 0.4) is 0 Å². The van der Waals surface area contributed by atoms with Crippen LogP contribution in [0.4, 0.5) is 0 Å². The molecule has 0 aliphatic heterocycles. The number of pyridine rings is 1. The van der Waals surface area contributed by atoms with Gasteiger partial charge in [0.25, 0.3) is 0 Å². The van der Waals surface area contributed by atoms with E-state index in [1.165, 1.54) is 0 Å². The lowest BCUT2D eigenvalue weighted by atomic mass is 10.0. The van der Waals surface area contributed by atoms with Crippen molar-refractivity contribution in [3.05, 3.63) is 52.8 Å². The van der Waals surface area contributed by atoms with Crippen LogP contribution in [0.5, 0.6) is 5.75 Å². The van der Waals surface area contributed by atoms with Crippen molar-refractivity contribution < 1.29 is 4.74 Å². The summed E-state index contributed by atoms with van der Waals surface area (Å²) in [5, 5.41) is 0.664. The van der Waals surface area contributed by atoms with Gasteiger partial charge in [0.15, 0.2) is 0 Å². The molecule has 0 bridgehead atoms. The Morgan fingerprint density at radius 2 is 2.09 bits per heavy atom. The molecule has 2 N–H and O–H groups in total. The molecule has 0 radical (unpaired) electrons. The summed E-state index contributed by atoms with van der Waals surface area (Å²) < 4.78 is 7.54. The average Bonchev–Trinajstić information content (AvgIpc) is 2.84. The Balaban J connectivity index is 2.35. The van der Waals surface area contributed by atoms with Crippen molar-refractivity contribution in [2.24, 2.45) is 5.73 Å². The predicted octanol–water partition coefficient (Wildman–Crippen LogP) is 3.47. The maximum atomic E-state index is 6.16. The largest absolute Gasteiger partial charge is 0.496 e. The monoisotopic (exact) mass is 315 g/mol. The highest BCUT2D eigenvalue weighted by atomic mass is 35.5. The molecule has 114 valence electrons. The zero-order chi connectivity index (χ0) is 15.7. The molecular formula is C17H18ClN3O. The van der Waals surface area contributed by atoms with Crippen LogP contribution in [-0.4, -0.2) is 23.0 Å². The minimum atomic E-state index is 0.540. The van der Waals surface area contributed by atoms with Gasteiger partial charge < -0.3 is 10.5 Å². The molecular weight excluding hydrogens is 298 g/mol. The maximum absolute atomic E-state index is 6.16. The maximum Gasteiger partial charge on any atom is 0.137 e. The summed E-state index contributed by atoms with van der Waals surface area (Å²) in [4.78, 5) is 4.69. The van der Waals surface area contributed by atoms with E-state index in [1.807, 2.05) is 34.9 Å². The Bertz CT molecular complexity index is 826. The first-order valence-electron chi connectivity index (χ1n) is 7.15. The van der Waals surface area contributed by atoms with Crippen molar-refractivity contribution in [3.8, 4) is 17.0 Å². The molecule has 2 heterocycles. The van der Waals surface area contributed by atoms with Gasteiger partial charge in [-0.3, -0.25) is 4.40 Å². The number of halogens is 1. The second kappa shape index (κ2) is 5.99. The van der Waals surface area contributed by atoms with Crippen LogP contribution in [0, 0.1) is 6.92 Å². The minimum absolute atomic E-state index is 0.540. The lowest BCUT2D eigenvalue weighted by Crippen LogP contribution is -2.05. The smallest absolute Gasteiger partial charge is 0.137 e. The van der Waals surface area contributed by atoms with E-state index in [0.29, 0.717) is 18.0 Å². The van der Waals surface area contributed by atoms with Gasteiger partial charge in [0.1, 0.15) is 11.4 Å². The number of ether oxygens (including phenoxy) is 1. The molecule has 0 saturated heterocycles. The molecule has 0 aliphatic rings. The molecule has 3 aromatic rings. The van der Waals surface area contributed by atoms with E-state index in [0.717, 1.165) is 33.9 Å². The van der Waals surface area contributed by atoms with Crippen LogP contribution in [0.15, 0.2) is 36.5 Å². The number of aromatic nitrogens is 2. The van der Waals surface area contributed by atoms with Gasteiger partial charge in [-0.05, 0) is 37.7 Å². The summed E-state index contributed by atoms with van der Waals surface area (Å²) in [5.74, 6) is 0.811. The Hall–Kier alpha value is -2.04. The predicted molar refractivity (Wildman–Crippen MR) is 89.7 cm³/mol. The van der Waals surface area contributed by atoms with E-state index in [9.17, 15) is 0 Å². The lowest BCUT2D eigenvalue weighted by molar-refractivity contribution is 0.416. The Kier molecular flexibility index (Phi) is 4.05. The van der Waals surface area contributed by atoms with Crippen molar-refractivity contribution in [1.82, 2.24) is 9.38 Å². The molecule has 0 aliphatic carbocycles. The van der Waals surface area contributed by atoms with Crippen LogP contribution < -0.4 is 10.5 Å². The highest BCUT2D eigenvalue weighted by Crippen LogP contribution is 2.34. The summed E-state index contributed by atoms with van der Waals surface area (Å²) in [6.45, 7) is 2.60. The van der Waals surface area contributed by atoms with E-state index < -0.39 is 0 Å². The number of hydrogen-bond donors (Lipinski definition) is 1. The van der Waals surface area contributed by atoms with Gasteiger partial charge in [-0.15, -0.1) is 0 Å². The highest BCUT2D eigenvalue weighted by molar-refractivity contribution is 6.30. The van der Waals surface area contributed by atoms with E-state index in [-0.39, 0.29) is 0 Å². The van der Waals surface area contributed by atoms with Crippen molar-refractivity contribution in [2.75, 3.05) is 13.7 Å². The van der Waals surface area contributed by atoms with Gasteiger partial charge in [-0.25, -0.2) is 4.98 Å². The Morgan fingerprint density at radius 1 is 1.27 bits per heavy atom. The minimum Gasteiger partial charge on any atom is -0.496 e. The van der Waals surface area contributed by atoms with Crippen LogP contribution in [0.2, 0.25) is 5.02 Å². The zero-order valence-corrected chi connectivity index (χ0v) is 13.4. The van der Waals surface area contributed by atoms with Gasteiger partial charge in [-0.1, -0.05) is 23.2 Å². The van der Waals surface area contributed by atoms with Gasteiger partial charge in [0.05, 0.1) is 23.5 Å². The first kappa shape index (κ1) is 14.9. The van der Waals surface area contributed by atoms with Gasteiger partial charge in [0.2, 0.25) is 0 Å². The summed E-state index contributed by atoms with van der Waals surface area (Å²) >= 11 is 6.16. The summed E-state index contributed by atoms with van der Waals surface area (Å²) in [7, 11) is 1.67. The second-order valence-corrected chi connectivity index (χ2v) is 5.66. The zero-order valence-electron chi connectivity index (χ0n) is 12.6. The van der Waals surface area contributed by atoms with Crippen LogP contribution in [0.25, 0.3) is 16.9 Å². The Morgan fingerprint density at radius 3 is 2.82 bits per heavy atom. The van der Waals surface area contributed by atoms with Gasteiger partial charge >= 0.3 is 0 Å². The van der Waals surface area contributed by atoms with Crippen LogP contribution in [0.1, 0.15) is 11.3 Å². The molecule has 3 rings (SSSR count). The highest BCUT2D eigenvalue weighted by Gasteiger charge is 2.17. The van der Waals surface area contributed by atoms with Crippen molar-refractivity contribution in [3.63, 3.8) is 0 Å². The number of nitrogens with two attached hydrogens (primary N) is 1. The summed E-state index contributed by atoms with van der Waals surface area (Å²) in [6, 6.07) is 9.85. The summed E-state index contributed by atoms with van der Waals surface area (Å²) in [6.07, 6.45) is 2.58.